The number of benzene rings is 1. The molecule has 1 saturated carbocycles. The number of primary amides is 1. The zero-order valence-electron chi connectivity index (χ0n) is 16.4. The molecule has 5 rings (SSSR count). The number of nitrogens with zero attached hydrogens (tertiary/aromatic N) is 6. The molecule has 0 saturated heterocycles. The van der Waals surface area contributed by atoms with Crippen molar-refractivity contribution in [3.05, 3.63) is 35.7 Å². The summed E-state index contributed by atoms with van der Waals surface area (Å²) < 4.78 is 3.88. The Bertz CT molecular complexity index is 1230. The largest absolute Gasteiger partial charge is 0.366 e. The summed E-state index contributed by atoms with van der Waals surface area (Å²) in [5, 5.41) is 18.7. The van der Waals surface area contributed by atoms with Crippen molar-refractivity contribution in [1.29, 1.82) is 0 Å². The lowest BCUT2D eigenvalue weighted by Gasteiger charge is -2.26. The lowest BCUT2D eigenvalue weighted by molar-refractivity contribution is 0.100. The van der Waals surface area contributed by atoms with E-state index in [1.165, 1.54) is 6.42 Å². The fourth-order valence-electron chi connectivity index (χ4n) is 3.88. The van der Waals surface area contributed by atoms with Crippen molar-refractivity contribution in [1.82, 2.24) is 34.7 Å². The lowest BCUT2D eigenvalue weighted by Crippen LogP contribution is -2.18. The van der Waals surface area contributed by atoms with Gasteiger partial charge in [0.15, 0.2) is 11.6 Å². The third kappa shape index (κ3) is 2.81. The number of hydrogen-bond acceptors (Lipinski definition) is 5. The van der Waals surface area contributed by atoms with E-state index < -0.39 is 5.91 Å². The van der Waals surface area contributed by atoms with Gasteiger partial charge in [-0.1, -0.05) is 0 Å². The minimum atomic E-state index is -0.478. The van der Waals surface area contributed by atoms with Crippen molar-refractivity contribution in [2.24, 2.45) is 5.73 Å². The summed E-state index contributed by atoms with van der Waals surface area (Å²) in [6, 6.07) is 5.91. The van der Waals surface area contributed by atoms with Gasteiger partial charge in [-0.25, -0.2) is 0 Å². The topological polar surface area (TPSA) is 120 Å². The van der Waals surface area contributed by atoms with Crippen LogP contribution in [-0.2, 0) is 6.54 Å². The minimum absolute atomic E-state index is 0.371. The Morgan fingerprint density at radius 2 is 2.03 bits per heavy atom. The van der Waals surface area contributed by atoms with Crippen molar-refractivity contribution in [2.75, 3.05) is 0 Å². The quantitative estimate of drug-likeness (QED) is 0.543. The van der Waals surface area contributed by atoms with Crippen molar-refractivity contribution < 1.29 is 4.79 Å². The van der Waals surface area contributed by atoms with Crippen molar-refractivity contribution in [3.63, 3.8) is 0 Å². The Hall–Kier alpha value is -3.49. The highest BCUT2D eigenvalue weighted by Gasteiger charge is 2.24. The number of carbonyl (C=O) groups excluding carboxylic acids is 1. The fraction of sp³-hybridized carbons (Fsp3) is 0.350. The first-order valence-corrected chi connectivity index (χ1v) is 9.84. The molecule has 1 amide bonds. The van der Waals surface area contributed by atoms with Crippen LogP contribution in [0.15, 0.2) is 24.4 Å². The zero-order valence-corrected chi connectivity index (χ0v) is 16.4. The summed E-state index contributed by atoms with van der Waals surface area (Å²) in [5.74, 6) is 0.725. The summed E-state index contributed by atoms with van der Waals surface area (Å²) >= 11 is 0. The van der Waals surface area contributed by atoms with Gasteiger partial charge in [-0.3, -0.25) is 14.2 Å². The molecule has 0 unspecified atom stereocenters. The number of nitrogens with two attached hydrogens (primary N) is 1. The number of carbonyl (C=O) groups is 1. The van der Waals surface area contributed by atoms with E-state index >= 15 is 0 Å². The normalized spacial score (nSPS) is 14.4. The standard InChI is InChI=1S/C20H22N8O/c1-3-27-17(7-11(2)26-27)20-23-19(24-25-20)14-8-12(18(21)29)9-16-15(14)10-22-28(16)13-5-4-6-13/h7-10,13H,3-6H2,1-2H3,(H2,21,29)(H,23,24,25). The molecule has 9 nitrogen and oxygen atoms in total. The van der Waals surface area contributed by atoms with Crippen molar-refractivity contribution in [3.8, 4) is 22.9 Å². The van der Waals surface area contributed by atoms with Gasteiger partial charge in [-0.15, -0.1) is 10.2 Å². The van der Waals surface area contributed by atoms with Crippen LogP contribution >= 0.6 is 0 Å². The molecule has 4 aromatic rings. The van der Waals surface area contributed by atoms with E-state index in [4.69, 9.17) is 5.73 Å². The predicted octanol–water partition coefficient (Wildman–Crippen LogP) is 2.84. The maximum absolute atomic E-state index is 12.0. The van der Waals surface area contributed by atoms with Gasteiger partial charge in [0.05, 0.1) is 23.4 Å². The van der Waals surface area contributed by atoms with Crippen LogP contribution in [0.2, 0.25) is 0 Å². The molecule has 0 atom stereocenters. The molecule has 1 aliphatic carbocycles. The highest BCUT2D eigenvalue weighted by molar-refractivity contribution is 6.02. The third-order valence-electron chi connectivity index (χ3n) is 5.61. The number of aromatic amines is 1. The second-order valence-corrected chi connectivity index (χ2v) is 7.50. The van der Waals surface area contributed by atoms with Gasteiger partial charge in [-0.05, 0) is 51.3 Å². The van der Waals surface area contributed by atoms with Crippen LogP contribution in [0.25, 0.3) is 33.8 Å². The predicted molar refractivity (Wildman–Crippen MR) is 108 cm³/mol. The molecule has 1 aliphatic rings. The Balaban J connectivity index is 1.66. The van der Waals surface area contributed by atoms with Gasteiger partial charge in [0, 0.05) is 23.1 Å². The van der Waals surface area contributed by atoms with Crippen LogP contribution in [-0.4, -0.2) is 40.6 Å². The minimum Gasteiger partial charge on any atom is -0.366 e. The van der Waals surface area contributed by atoms with Crippen molar-refractivity contribution in [2.45, 2.75) is 45.7 Å². The number of aryl methyl sites for hydroxylation is 2. The Morgan fingerprint density at radius 1 is 1.24 bits per heavy atom. The second-order valence-electron chi connectivity index (χ2n) is 7.50. The average Bonchev–Trinajstić information content (AvgIpc) is 3.37. The van der Waals surface area contributed by atoms with E-state index in [1.54, 1.807) is 6.07 Å². The number of fused-ring (bicyclic) bond motifs is 1. The molecule has 0 bridgehead atoms. The number of aromatic nitrogens is 7. The van der Waals surface area contributed by atoms with Gasteiger partial charge < -0.3 is 10.7 Å². The molecule has 0 radical (unpaired) electrons. The molecule has 9 heteroatoms. The third-order valence-corrected chi connectivity index (χ3v) is 5.61. The Labute approximate surface area is 166 Å². The Kier molecular flexibility index (Phi) is 3.97. The number of nitrogens with one attached hydrogen (secondary N) is 1. The molecular formula is C20H22N8O. The van der Waals surface area contributed by atoms with Crippen molar-refractivity contribution >= 4 is 16.8 Å². The maximum Gasteiger partial charge on any atom is 0.248 e. The molecule has 148 valence electrons. The second kappa shape index (κ2) is 6.54. The molecule has 1 aromatic carbocycles. The molecule has 29 heavy (non-hydrogen) atoms. The number of rotatable bonds is 5. The van der Waals surface area contributed by atoms with Gasteiger partial charge in [-0.2, -0.15) is 10.2 Å². The van der Waals surface area contributed by atoms with Gasteiger partial charge in [0.1, 0.15) is 5.69 Å². The van der Waals surface area contributed by atoms with Gasteiger partial charge >= 0.3 is 0 Å². The van der Waals surface area contributed by atoms with Gasteiger partial charge in [0.2, 0.25) is 5.91 Å². The van der Waals surface area contributed by atoms with E-state index in [2.05, 4.69) is 25.4 Å². The zero-order chi connectivity index (χ0) is 20.1. The van der Waals surface area contributed by atoms with Crippen LogP contribution < -0.4 is 5.73 Å². The van der Waals surface area contributed by atoms with E-state index in [0.717, 1.165) is 47.2 Å². The molecule has 3 aromatic heterocycles. The fourth-order valence-corrected chi connectivity index (χ4v) is 3.88. The number of amides is 1. The van der Waals surface area contributed by atoms with Crippen LogP contribution in [0.5, 0.6) is 0 Å². The van der Waals surface area contributed by atoms with E-state index in [0.29, 0.717) is 23.3 Å². The van der Waals surface area contributed by atoms with Crippen LogP contribution in [0.3, 0.4) is 0 Å². The van der Waals surface area contributed by atoms with Crippen LogP contribution in [0, 0.1) is 6.92 Å². The van der Waals surface area contributed by atoms with E-state index in [1.807, 2.05) is 41.5 Å². The summed E-state index contributed by atoms with van der Waals surface area (Å²) in [4.78, 5) is 15.2. The molecule has 0 aliphatic heterocycles. The van der Waals surface area contributed by atoms with E-state index in [-0.39, 0.29) is 0 Å². The summed E-state index contributed by atoms with van der Waals surface area (Å²) in [7, 11) is 0. The molecule has 3 N–H and O–H groups in total. The lowest BCUT2D eigenvalue weighted by atomic mass is 9.93. The van der Waals surface area contributed by atoms with Gasteiger partial charge in [0.25, 0.3) is 0 Å². The van der Waals surface area contributed by atoms with E-state index in [9.17, 15) is 4.79 Å². The highest BCUT2D eigenvalue weighted by Crippen LogP contribution is 2.36. The van der Waals surface area contributed by atoms with Crippen LogP contribution in [0.4, 0.5) is 0 Å². The summed E-state index contributed by atoms with van der Waals surface area (Å²) in [6.07, 6.45) is 5.22. The average molecular weight is 390 g/mol. The molecule has 0 spiro atoms. The monoisotopic (exact) mass is 390 g/mol. The number of hydrogen-bond donors (Lipinski definition) is 2. The van der Waals surface area contributed by atoms with Crippen LogP contribution in [0.1, 0.15) is 48.3 Å². The first-order valence-electron chi connectivity index (χ1n) is 9.84. The molecule has 1 fully saturated rings. The highest BCUT2D eigenvalue weighted by atomic mass is 16.1. The Morgan fingerprint density at radius 3 is 2.72 bits per heavy atom. The summed E-state index contributed by atoms with van der Waals surface area (Å²) in [6.45, 7) is 4.71. The molecule has 3 heterocycles. The maximum atomic E-state index is 12.0. The first kappa shape index (κ1) is 17.6. The SMILES string of the molecule is CCn1nc(C)cc1-c1nnc(-c2cc(C(N)=O)cc3c2cnn3C2CCC2)[nH]1. The summed E-state index contributed by atoms with van der Waals surface area (Å²) in [5.41, 5.74) is 9.48. The molecular weight excluding hydrogens is 368 g/mol. The number of H-pyrrole nitrogens is 1. The smallest absolute Gasteiger partial charge is 0.248 e. The first-order chi connectivity index (χ1) is 14.0.